The minimum Gasteiger partial charge on any atom is -0.756 e. The lowest BCUT2D eigenvalue weighted by Gasteiger charge is -2.29. The van der Waals surface area contributed by atoms with E-state index in [0.717, 1.165) is 116 Å². The first kappa shape index (κ1) is 64.9. The van der Waals surface area contributed by atoms with Gasteiger partial charge >= 0.3 is 0 Å². The zero-order chi connectivity index (χ0) is 50.6. The molecule has 2 N–H and O–H groups in total. The Kier molecular flexibility index (Phi) is 45.9. The molecule has 0 spiro atoms. The zero-order valence-electron chi connectivity index (χ0n) is 43.7. The van der Waals surface area contributed by atoms with E-state index in [1.807, 2.05) is 27.2 Å². The molecule has 0 aromatic heterocycles. The third-order valence-electron chi connectivity index (χ3n) is 10.1. The highest BCUT2D eigenvalue weighted by molar-refractivity contribution is 7.45. The maximum absolute atomic E-state index is 12.9. The fraction of sp³-hybridized carbons (Fsp3) is 0.517. The number of carbonyl (C=O) groups is 1. The van der Waals surface area contributed by atoms with Crippen molar-refractivity contribution in [3.05, 3.63) is 170 Å². The number of hydrogen-bond donors (Lipinski definition) is 2. The van der Waals surface area contributed by atoms with Crippen LogP contribution in [0, 0.1) is 0 Å². The number of carbonyl (C=O) groups excluding carboxylic acids is 1. The van der Waals surface area contributed by atoms with Gasteiger partial charge in [0.15, 0.2) is 0 Å². The molecule has 0 rings (SSSR count). The summed E-state index contributed by atoms with van der Waals surface area (Å²) in [6.07, 6.45) is 78.7. The molecule has 8 nitrogen and oxygen atoms in total. The average molecular weight is 971 g/mol. The Morgan fingerprint density at radius 1 is 0.507 bits per heavy atom. The summed E-state index contributed by atoms with van der Waals surface area (Å²) >= 11 is 0. The molecule has 69 heavy (non-hydrogen) atoms. The summed E-state index contributed by atoms with van der Waals surface area (Å²) in [5, 5.41) is 13.7. The van der Waals surface area contributed by atoms with Crippen molar-refractivity contribution in [2.45, 2.75) is 161 Å². The van der Waals surface area contributed by atoms with Gasteiger partial charge in [-0.3, -0.25) is 9.36 Å². The van der Waals surface area contributed by atoms with Crippen LogP contribution in [0.1, 0.15) is 149 Å². The number of phosphoric acid groups is 1. The Labute approximate surface area is 422 Å². The molecule has 386 valence electrons. The second kappa shape index (κ2) is 48.9. The van der Waals surface area contributed by atoms with Crippen LogP contribution in [0.15, 0.2) is 170 Å². The predicted octanol–water partition coefficient (Wildman–Crippen LogP) is 15.1. The largest absolute Gasteiger partial charge is 0.756 e. The molecule has 0 saturated carbocycles. The van der Waals surface area contributed by atoms with Gasteiger partial charge in [0.1, 0.15) is 13.2 Å². The van der Waals surface area contributed by atoms with Gasteiger partial charge in [-0.1, -0.05) is 190 Å². The number of nitrogens with one attached hydrogen (secondary N) is 1. The maximum atomic E-state index is 12.9. The summed E-state index contributed by atoms with van der Waals surface area (Å²) in [6, 6.07) is -0.939. The van der Waals surface area contributed by atoms with Gasteiger partial charge < -0.3 is 28.8 Å². The van der Waals surface area contributed by atoms with E-state index in [1.165, 1.54) is 0 Å². The van der Waals surface area contributed by atoms with Crippen molar-refractivity contribution in [1.82, 2.24) is 5.32 Å². The van der Waals surface area contributed by atoms with Gasteiger partial charge in [0.2, 0.25) is 5.91 Å². The molecule has 0 aliphatic heterocycles. The lowest BCUT2D eigenvalue weighted by molar-refractivity contribution is -0.870. The first-order valence-electron chi connectivity index (χ1n) is 26.0. The van der Waals surface area contributed by atoms with E-state index in [4.69, 9.17) is 9.05 Å². The number of allylic oxidation sites excluding steroid dienone is 27. The van der Waals surface area contributed by atoms with Gasteiger partial charge in [0.25, 0.3) is 7.82 Å². The molecule has 0 bridgehead atoms. The van der Waals surface area contributed by atoms with Gasteiger partial charge in [-0.25, -0.2) is 0 Å². The van der Waals surface area contributed by atoms with Crippen LogP contribution >= 0.6 is 7.82 Å². The lowest BCUT2D eigenvalue weighted by Crippen LogP contribution is -2.45. The molecule has 0 aliphatic rings. The van der Waals surface area contributed by atoms with Crippen molar-refractivity contribution >= 4 is 13.7 Å². The summed E-state index contributed by atoms with van der Waals surface area (Å²) in [4.78, 5) is 25.3. The summed E-state index contributed by atoms with van der Waals surface area (Å²) in [5.74, 6) is -0.255. The van der Waals surface area contributed by atoms with Crippen LogP contribution in [0.3, 0.4) is 0 Å². The van der Waals surface area contributed by atoms with Crippen LogP contribution in [-0.4, -0.2) is 68.5 Å². The number of unbranched alkanes of at least 4 members (excludes halogenated alkanes) is 5. The van der Waals surface area contributed by atoms with Crippen LogP contribution in [-0.2, 0) is 18.4 Å². The Morgan fingerprint density at radius 2 is 0.855 bits per heavy atom. The van der Waals surface area contributed by atoms with Crippen LogP contribution in [0.5, 0.6) is 0 Å². The fourth-order valence-corrected chi connectivity index (χ4v) is 6.86. The topological polar surface area (TPSA) is 108 Å². The number of phosphoric ester groups is 1. The zero-order valence-corrected chi connectivity index (χ0v) is 44.6. The first-order valence-corrected chi connectivity index (χ1v) is 27.5. The molecule has 0 radical (unpaired) electrons. The first-order chi connectivity index (χ1) is 33.5. The molecule has 1 amide bonds. The number of amides is 1. The molecule has 0 aromatic rings. The van der Waals surface area contributed by atoms with Gasteiger partial charge in [-0.2, -0.15) is 0 Å². The van der Waals surface area contributed by atoms with Gasteiger partial charge in [0, 0.05) is 6.42 Å². The monoisotopic (exact) mass is 971 g/mol. The fourth-order valence-electron chi connectivity index (χ4n) is 6.13. The summed E-state index contributed by atoms with van der Waals surface area (Å²) in [7, 11) is 1.18. The predicted molar refractivity (Wildman–Crippen MR) is 297 cm³/mol. The number of aliphatic hydroxyl groups is 1. The Balaban J connectivity index is 4.26. The Bertz CT molecular complexity index is 1720. The van der Waals surface area contributed by atoms with E-state index in [0.29, 0.717) is 23.9 Å². The highest BCUT2D eigenvalue weighted by Crippen LogP contribution is 2.38. The number of rotatable bonds is 44. The molecule has 0 fully saturated rings. The molecular formula is C60H95N2O6P. The molecular weight excluding hydrogens is 876 g/mol. The second-order valence-electron chi connectivity index (χ2n) is 17.7. The van der Waals surface area contributed by atoms with E-state index in [-0.39, 0.29) is 18.9 Å². The van der Waals surface area contributed by atoms with Crippen molar-refractivity contribution in [3.63, 3.8) is 0 Å². The number of likely N-dealkylation sites (N-methyl/N-ethyl adjacent to an activating group) is 1. The van der Waals surface area contributed by atoms with E-state index in [9.17, 15) is 19.4 Å². The number of hydrogen-bond acceptors (Lipinski definition) is 6. The molecule has 0 saturated heterocycles. The standard InChI is InChI=1S/C60H95N2O6P/c1-6-8-10-12-14-16-18-19-20-21-22-23-24-25-26-27-28-29-30-31-32-33-34-35-36-37-38-39-40-41-42-43-44-46-48-50-52-54-60(64)61-58(57-68-69(65,66)67-56-55-62(3,4)5)59(63)53-51-49-47-45-17-15-13-11-9-7-2/h8-11,14,16-17,19-20,22-23,25-26,28-29,31-32,34-35,37-38,40-41,43-45,51,53,58-59,63H,6-7,12-13,15,18,21,24,27,30,33,36,39,42,46-50,52,54-57H2,1-5H3,(H-,61,64,65,66)/b10-8-,11-9+,16-14-,20-19-,23-22-,26-25-,29-28-,32-31-,35-34-,38-37-,41-40-,44-43-,45-17+,53-51+. The smallest absolute Gasteiger partial charge is 0.268 e. The van der Waals surface area contributed by atoms with Crippen LogP contribution in [0.2, 0.25) is 0 Å². The average Bonchev–Trinajstić information content (AvgIpc) is 3.31. The molecule has 3 atom stereocenters. The van der Waals surface area contributed by atoms with Crippen molar-refractivity contribution in [2.24, 2.45) is 0 Å². The minimum atomic E-state index is -4.62. The van der Waals surface area contributed by atoms with E-state index >= 15 is 0 Å². The number of aliphatic hydroxyl groups excluding tert-OH is 1. The van der Waals surface area contributed by atoms with Crippen LogP contribution in [0.25, 0.3) is 0 Å². The molecule has 0 aromatic carbocycles. The lowest BCUT2D eigenvalue weighted by atomic mass is 10.1. The number of quaternary nitrogens is 1. The SMILES string of the molecule is CC/C=C\C/C=C\C/C=C\C/C=C\C/C=C\C/C=C\C/C=C\C/C=C\C/C=C\C/C=C\C/C=C\CCCCCC(=O)NC(COP(=O)([O-])OCC[N+](C)(C)C)C(O)/C=C/CC/C=C/CC/C=C/CC. The Hall–Kier alpha value is -4.14. The highest BCUT2D eigenvalue weighted by atomic mass is 31.2. The summed E-state index contributed by atoms with van der Waals surface area (Å²) in [5.41, 5.74) is 0. The third-order valence-corrected chi connectivity index (χ3v) is 11.1. The van der Waals surface area contributed by atoms with E-state index in [2.05, 4.69) is 177 Å². The van der Waals surface area contributed by atoms with Crippen molar-refractivity contribution in [1.29, 1.82) is 0 Å². The van der Waals surface area contributed by atoms with E-state index in [1.54, 1.807) is 6.08 Å². The highest BCUT2D eigenvalue weighted by Gasteiger charge is 2.23. The molecule has 0 heterocycles. The molecule has 9 heteroatoms. The molecule has 3 unspecified atom stereocenters. The normalized spacial score (nSPS) is 15.4. The number of nitrogens with zero attached hydrogens (tertiary/aromatic N) is 1. The quantitative estimate of drug-likeness (QED) is 0.0273. The Morgan fingerprint density at radius 3 is 1.26 bits per heavy atom. The van der Waals surface area contributed by atoms with Crippen molar-refractivity contribution < 1.29 is 32.9 Å². The van der Waals surface area contributed by atoms with Crippen LogP contribution < -0.4 is 10.2 Å². The molecule has 0 aliphatic carbocycles. The van der Waals surface area contributed by atoms with E-state index < -0.39 is 26.6 Å². The van der Waals surface area contributed by atoms with Gasteiger partial charge in [0.05, 0.1) is 39.9 Å². The minimum absolute atomic E-state index is 0.0263. The van der Waals surface area contributed by atoms with Gasteiger partial charge in [-0.05, 0) is 122 Å². The maximum Gasteiger partial charge on any atom is 0.268 e. The third kappa shape index (κ3) is 51.5. The summed E-state index contributed by atoms with van der Waals surface area (Å²) in [6.45, 7) is 4.30. The van der Waals surface area contributed by atoms with Crippen molar-refractivity contribution in [2.75, 3.05) is 40.9 Å². The summed E-state index contributed by atoms with van der Waals surface area (Å²) < 4.78 is 23.1. The van der Waals surface area contributed by atoms with Gasteiger partial charge in [-0.15, -0.1) is 0 Å². The van der Waals surface area contributed by atoms with Crippen molar-refractivity contribution in [3.8, 4) is 0 Å². The second-order valence-corrected chi connectivity index (χ2v) is 19.1. The van der Waals surface area contributed by atoms with Crippen LogP contribution in [0.4, 0.5) is 0 Å².